The highest BCUT2D eigenvalue weighted by atomic mass is 32.2. The minimum Gasteiger partial charge on any atom is -0.463 e. The van der Waals surface area contributed by atoms with Crippen LogP contribution in [0.1, 0.15) is 18.4 Å². The van der Waals surface area contributed by atoms with E-state index in [1.54, 1.807) is 11.8 Å². The van der Waals surface area contributed by atoms with Gasteiger partial charge in [0.1, 0.15) is 6.61 Å². The Bertz CT molecular complexity index is 335. The zero-order chi connectivity index (χ0) is 12.5. The van der Waals surface area contributed by atoms with E-state index in [4.69, 9.17) is 9.84 Å². The standard InChI is InChI=1S/C13H18O3S/c1-11-4-6-12(7-5-11)17-10-2-3-13(15)16-9-8-14/h4-7,14H,2-3,8-10H2,1H3. The molecule has 94 valence electrons. The number of hydrogen-bond donors (Lipinski definition) is 1. The molecular formula is C13H18O3S. The molecule has 0 aliphatic heterocycles. The molecule has 0 saturated heterocycles. The van der Waals surface area contributed by atoms with Crippen LogP contribution in [-0.2, 0) is 9.53 Å². The average molecular weight is 254 g/mol. The minimum absolute atomic E-state index is 0.101. The molecule has 1 aromatic rings. The quantitative estimate of drug-likeness (QED) is 0.461. The molecule has 0 bridgehead atoms. The number of carbonyl (C=O) groups excluding carboxylic acids is 1. The summed E-state index contributed by atoms with van der Waals surface area (Å²) in [6.07, 6.45) is 1.21. The van der Waals surface area contributed by atoms with Crippen molar-refractivity contribution in [1.82, 2.24) is 0 Å². The smallest absolute Gasteiger partial charge is 0.305 e. The molecule has 0 aromatic heterocycles. The van der Waals surface area contributed by atoms with Gasteiger partial charge < -0.3 is 9.84 Å². The van der Waals surface area contributed by atoms with Crippen LogP contribution in [0.15, 0.2) is 29.2 Å². The molecule has 17 heavy (non-hydrogen) atoms. The van der Waals surface area contributed by atoms with Gasteiger partial charge in [-0.2, -0.15) is 0 Å². The summed E-state index contributed by atoms with van der Waals surface area (Å²) in [7, 11) is 0. The summed E-state index contributed by atoms with van der Waals surface area (Å²) in [5.74, 6) is 0.667. The van der Waals surface area contributed by atoms with Crippen molar-refractivity contribution in [2.75, 3.05) is 19.0 Å². The molecular weight excluding hydrogens is 236 g/mol. The average Bonchev–Trinajstić information content (AvgIpc) is 2.34. The van der Waals surface area contributed by atoms with Crippen molar-refractivity contribution in [3.05, 3.63) is 29.8 Å². The molecule has 0 atom stereocenters. The SMILES string of the molecule is Cc1ccc(SCCCC(=O)OCCO)cc1. The second kappa shape index (κ2) is 8.14. The van der Waals surface area contributed by atoms with E-state index >= 15 is 0 Å². The fraction of sp³-hybridized carbons (Fsp3) is 0.462. The van der Waals surface area contributed by atoms with E-state index in [2.05, 4.69) is 31.2 Å². The molecule has 0 fully saturated rings. The van der Waals surface area contributed by atoms with Crippen LogP contribution in [0.3, 0.4) is 0 Å². The summed E-state index contributed by atoms with van der Waals surface area (Å²) in [6, 6.07) is 8.34. The number of ether oxygens (including phenoxy) is 1. The number of rotatable bonds is 7. The number of benzene rings is 1. The molecule has 0 saturated carbocycles. The van der Waals surface area contributed by atoms with E-state index < -0.39 is 0 Å². The Kier molecular flexibility index (Phi) is 6.74. The molecule has 0 aliphatic carbocycles. The van der Waals surface area contributed by atoms with Crippen LogP contribution in [0.5, 0.6) is 0 Å². The highest BCUT2D eigenvalue weighted by Crippen LogP contribution is 2.19. The van der Waals surface area contributed by atoms with Crippen molar-refractivity contribution in [3.8, 4) is 0 Å². The fourth-order valence-electron chi connectivity index (χ4n) is 1.27. The summed E-state index contributed by atoms with van der Waals surface area (Å²) in [5.41, 5.74) is 1.25. The van der Waals surface area contributed by atoms with E-state index in [1.165, 1.54) is 10.5 Å². The molecule has 0 unspecified atom stereocenters. The Labute approximate surface area is 106 Å². The second-order valence-electron chi connectivity index (χ2n) is 3.71. The van der Waals surface area contributed by atoms with Gasteiger partial charge in [-0.05, 0) is 31.2 Å². The number of hydrogen-bond acceptors (Lipinski definition) is 4. The first kappa shape index (κ1) is 14.1. The lowest BCUT2D eigenvalue weighted by Gasteiger charge is -2.03. The number of thioether (sulfide) groups is 1. The molecule has 0 amide bonds. The van der Waals surface area contributed by atoms with Crippen molar-refractivity contribution in [2.45, 2.75) is 24.7 Å². The lowest BCUT2D eigenvalue weighted by Crippen LogP contribution is -2.08. The molecule has 4 heteroatoms. The molecule has 3 nitrogen and oxygen atoms in total. The van der Waals surface area contributed by atoms with Gasteiger partial charge in [0.15, 0.2) is 0 Å². The van der Waals surface area contributed by atoms with Gasteiger partial charge in [0.05, 0.1) is 6.61 Å². The summed E-state index contributed by atoms with van der Waals surface area (Å²) < 4.78 is 4.76. The molecule has 1 aromatic carbocycles. The maximum absolute atomic E-state index is 11.1. The first-order valence-corrected chi connectivity index (χ1v) is 6.67. The van der Waals surface area contributed by atoms with E-state index in [1.807, 2.05) is 0 Å². The minimum atomic E-state index is -0.233. The Morgan fingerprint density at radius 2 is 2.06 bits per heavy atom. The predicted molar refractivity (Wildman–Crippen MR) is 69.2 cm³/mol. The van der Waals surface area contributed by atoms with Crippen LogP contribution in [0.25, 0.3) is 0 Å². The van der Waals surface area contributed by atoms with E-state index in [-0.39, 0.29) is 19.2 Å². The number of carbonyl (C=O) groups is 1. The van der Waals surface area contributed by atoms with Gasteiger partial charge in [-0.25, -0.2) is 0 Å². The van der Waals surface area contributed by atoms with E-state index in [9.17, 15) is 4.79 Å². The lowest BCUT2D eigenvalue weighted by molar-refractivity contribution is -0.144. The molecule has 0 spiro atoms. The normalized spacial score (nSPS) is 10.2. The second-order valence-corrected chi connectivity index (χ2v) is 4.88. The Hall–Kier alpha value is -1.00. The molecule has 1 N–H and O–H groups in total. The largest absolute Gasteiger partial charge is 0.463 e. The monoisotopic (exact) mass is 254 g/mol. The van der Waals surface area contributed by atoms with Crippen molar-refractivity contribution in [3.63, 3.8) is 0 Å². The zero-order valence-corrected chi connectivity index (χ0v) is 10.8. The van der Waals surface area contributed by atoms with Gasteiger partial charge in [0.25, 0.3) is 0 Å². The number of aliphatic hydroxyl groups excluding tert-OH is 1. The first-order chi connectivity index (χ1) is 8.22. The van der Waals surface area contributed by atoms with E-state index in [0.717, 1.165) is 12.2 Å². The van der Waals surface area contributed by atoms with Gasteiger partial charge >= 0.3 is 5.97 Å². The highest BCUT2D eigenvalue weighted by Gasteiger charge is 2.02. The van der Waals surface area contributed by atoms with Crippen molar-refractivity contribution in [1.29, 1.82) is 0 Å². The lowest BCUT2D eigenvalue weighted by atomic mass is 10.2. The number of aliphatic hydroxyl groups is 1. The fourth-order valence-corrected chi connectivity index (χ4v) is 2.13. The third kappa shape index (κ3) is 6.34. The maximum Gasteiger partial charge on any atom is 0.305 e. The van der Waals surface area contributed by atoms with Gasteiger partial charge in [0, 0.05) is 11.3 Å². The number of esters is 1. The van der Waals surface area contributed by atoms with Crippen LogP contribution in [0.2, 0.25) is 0 Å². The third-order valence-electron chi connectivity index (χ3n) is 2.17. The number of aryl methyl sites for hydroxylation is 1. The maximum atomic E-state index is 11.1. The van der Waals surface area contributed by atoms with Gasteiger partial charge in [-0.15, -0.1) is 11.8 Å². The van der Waals surface area contributed by atoms with Gasteiger partial charge in [-0.3, -0.25) is 4.79 Å². The molecule has 0 heterocycles. The summed E-state index contributed by atoms with van der Waals surface area (Å²) in [5, 5.41) is 8.48. The van der Waals surface area contributed by atoms with Crippen LogP contribution >= 0.6 is 11.8 Å². The Morgan fingerprint density at radius 1 is 1.35 bits per heavy atom. The van der Waals surface area contributed by atoms with Crippen molar-refractivity contribution >= 4 is 17.7 Å². The molecule has 0 radical (unpaired) electrons. The Morgan fingerprint density at radius 3 is 2.71 bits per heavy atom. The van der Waals surface area contributed by atoms with Crippen LogP contribution < -0.4 is 0 Å². The van der Waals surface area contributed by atoms with E-state index in [0.29, 0.717) is 6.42 Å². The highest BCUT2D eigenvalue weighted by molar-refractivity contribution is 7.99. The van der Waals surface area contributed by atoms with Crippen LogP contribution in [0, 0.1) is 6.92 Å². The van der Waals surface area contributed by atoms with Crippen LogP contribution in [-0.4, -0.2) is 30.0 Å². The summed E-state index contributed by atoms with van der Waals surface area (Å²) in [6.45, 7) is 2.05. The summed E-state index contributed by atoms with van der Waals surface area (Å²) >= 11 is 1.74. The molecule has 1 rings (SSSR count). The third-order valence-corrected chi connectivity index (χ3v) is 3.27. The van der Waals surface area contributed by atoms with Crippen molar-refractivity contribution in [2.24, 2.45) is 0 Å². The zero-order valence-electron chi connectivity index (χ0n) is 10.0. The predicted octanol–water partition coefficient (Wildman–Crippen LogP) is 2.40. The summed E-state index contributed by atoms with van der Waals surface area (Å²) in [4.78, 5) is 12.3. The van der Waals surface area contributed by atoms with Crippen molar-refractivity contribution < 1.29 is 14.6 Å². The molecule has 0 aliphatic rings. The van der Waals surface area contributed by atoms with Gasteiger partial charge in [0.2, 0.25) is 0 Å². The Balaban J connectivity index is 2.11. The van der Waals surface area contributed by atoms with Crippen LogP contribution in [0.4, 0.5) is 0 Å². The first-order valence-electron chi connectivity index (χ1n) is 5.68. The topological polar surface area (TPSA) is 46.5 Å². The van der Waals surface area contributed by atoms with Gasteiger partial charge in [-0.1, -0.05) is 17.7 Å².